The van der Waals surface area contributed by atoms with Gasteiger partial charge in [0, 0.05) is 5.92 Å². The predicted molar refractivity (Wildman–Crippen MR) is 60.2 cm³/mol. The molecular weight excluding hydrogens is 219 g/mol. The Morgan fingerprint density at radius 2 is 1.86 bits per heavy atom. The van der Waals surface area contributed by atoms with Crippen molar-refractivity contribution < 1.29 is 4.79 Å². The van der Waals surface area contributed by atoms with Gasteiger partial charge in [-0.15, -0.1) is 0 Å². The fraction of sp³-hybridized carbons (Fsp3) is 0.364. The summed E-state index contributed by atoms with van der Waals surface area (Å²) in [6.07, 6.45) is 0.792. The summed E-state index contributed by atoms with van der Waals surface area (Å²) < 4.78 is 0. The van der Waals surface area contributed by atoms with Crippen molar-refractivity contribution in [1.82, 2.24) is 0 Å². The molecule has 0 aromatic heterocycles. The van der Waals surface area contributed by atoms with E-state index in [1.54, 1.807) is 18.2 Å². The van der Waals surface area contributed by atoms with Gasteiger partial charge in [0.1, 0.15) is 0 Å². The molecule has 14 heavy (non-hydrogen) atoms. The highest BCUT2D eigenvalue weighted by Crippen LogP contribution is 2.27. The van der Waals surface area contributed by atoms with Gasteiger partial charge < -0.3 is 0 Å². The van der Waals surface area contributed by atoms with E-state index in [-0.39, 0.29) is 11.7 Å². The van der Waals surface area contributed by atoms with E-state index in [4.69, 9.17) is 23.2 Å². The summed E-state index contributed by atoms with van der Waals surface area (Å²) in [7, 11) is 0. The van der Waals surface area contributed by atoms with Gasteiger partial charge in [0.2, 0.25) is 0 Å². The standard InChI is InChI=1S/C11H12Cl2O/c1-3-7(2)11(14)10-8(12)5-4-6-9(10)13/h4-7H,3H2,1-2H3. The van der Waals surface area contributed by atoms with Gasteiger partial charge in [0.05, 0.1) is 15.6 Å². The van der Waals surface area contributed by atoms with Crippen molar-refractivity contribution in [1.29, 1.82) is 0 Å². The first-order valence-corrected chi connectivity index (χ1v) is 5.31. The maximum absolute atomic E-state index is 11.8. The highest BCUT2D eigenvalue weighted by Gasteiger charge is 2.18. The van der Waals surface area contributed by atoms with Gasteiger partial charge >= 0.3 is 0 Å². The zero-order valence-corrected chi connectivity index (χ0v) is 9.69. The molecule has 0 fully saturated rings. The van der Waals surface area contributed by atoms with Crippen LogP contribution in [-0.4, -0.2) is 5.78 Å². The third-order valence-corrected chi connectivity index (χ3v) is 2.90. The molecule has 0 saturated heterocycles. The molecule has 1 aromatic rings. The molecule has 0 spiro atoms. The molecule has 1 atom stereocenters. The molecule has 0 radical (unpaired) electrons. The maximum Gasteiger partial charge on any atom is 0.168 e. The average Bonchev–Trinajstić information content (AvgIpc) is 2.16. The van der Waals surface area contributed by atoms with Gasteiger partial charge in [-0.2, -0.15) is 0 Å². The summed E-state index contributed by atoms with van der Waals surface area (Å²) in [5.41, 5.74) is 0.449. The van der Waals surface area contributed by atoms with Crippen LogP contribution in [0.1, 0.15) is 30.6 Å². The van der Waals surface area contributed by atoms with E-state index >= 15 is 0 Å². The molecule has 0 bridgehead atoms. The van der Waals surface area contributed by atoms with Gasteiger partial charge in [-0.3, -0.25) is 4.79 Å². The highest BCUT2D eigenvalue weighted by molar-refractivity contribution is 6.39. The van der Waals surface area contributed by atoms with Crippen molar-refractivity contribution >= 4 is 29.0 Å². The Morgan fingerprint density at radius 3 is 2.29 bits per heavy atom. The molecule has 0 aliphatic rings. The second-order valence-electron chi connectivity index (χ2n) is 3.27. The van der Waals surface area contributed by atoms with E-state index in [0.29, 0.717) is 15.6 Å². The lowest BCUT2D eigenvalue weighted by molar-refractivity contribution is 0.0927. The summed E-state index contributed by atoms with van der Waals surface area (Å²) in [5.74, 6) is -0.0181. The first-order chi connectivity index (χ1) is 6.57. The number of hydrogen-bond acceptors (Lipinski definition) is 1. The molecule has 0 heterocycles. The Bertz CT molecular complexity index is 327. The minimum absolute atomic E-state index is 0.0168. The van der Waals surface area contributed by atoms with Crippen LogP contribution in [0.4, 0.5) is 0 Å². The largest absolute Gasteiger partial charge is 0.294 e. The van der Waals surface area contributed by atoms with Gasteiger partial charge in [-0.1, -0.05) is 43.1 Å². The molecule has 1 rings (SSSR count). The van der Waals surface area contributed by atoms with Crippen LogP contribution in [0, 0.1) is 5.92 Å². The second kappa shape index (κ2) is 4.81. The number of carbonyl (C=O) groups excluding carboxylic acids is 1. The first-order valence-electron chi connectivity index (χ1n) is 4.56. The Kier molecular flexibility index (Phi) is 3.97. The zero-order valence-electron chi connectivity index (χ0n) is 8.18. The number of halogens is 2. The molecule has 0 aliphatic carbocycles. The molecule has 0 saturated carbocycles. The van der Waals surface area contributed by atoms with Crippen LogP contribution < -0.4 is 0 Å². The van der Waals surface area contributed by atoms with Crippen molar-refractivity contribution in [2.75, 3.05) is 0 Å². The molecule has 0 aliphatic heterocycles. The molecule has 0 N–H and O–H groups in total. The first kappa shape index (κ1) is 11.5. The van der Waals surface area contributed by atoms with Crippen LogP contribution in [0.25, 0.3) is 0 Å². The average molecular weight is 231 g/mol. The van der Waals surface area contributed by atoms with Crippen molar-refractivity contribution in [2.24, 2.45) is 5.92 Å². The normalized spacial score (nSPS) is 12.6. The van der Waals surface area contributed by atoms with E-state index in [0.717, 1.165) is 6.42 Å². The lowest BCUT2D eigenvalue weighted by Crippen LogP contribution is -2.11. The Morgan fingerprint density at radius 1 is 1.36 bits per heavy atom. The lowest BCUT2D eigenvalue weighted by Gasteiger charge is -2.10. The Balaban J connectivity index is 3.12. The number of rotatable bonds is 3. The van der Waals surface area contributed by atoms with Gasteiger partial charge in [0.25, 0.3) is 0 Å². The third kappa shape index (κ3) is 2.28. The molecule has 0 amide bonds. The second-order valence-corrected chi connectivity index (χ2v) is 4.08. The van der Waals surface area contributed by atoms with Crippen LogP contribution in [0.15, 0.2) is 18.2 Å². The minimum Gasteiger partial charge on any atom is -0.294 e. The molecule has 1 nitrogen and oxygen atoms in total. The fourth-order valence-corrected chi connectivity index (χ4v) is 1.75. The summed E-state index contributed by atoms with van der Waals surface area (Å²) in [6, 6.07) is 5.10. The predicted octanol–water partition coefficient (Wildman–Crippen LogP) is 4.22. The van der Waals surface area contributed by atoms with Crippen LogP contribution in [-0.2, 0) is 0 Å². The Hall–Kier alpha value is -0.530. The minimum atomic E-state index is -0.0348. The molecule has 1 unspecified atom stereocenters. The third-order valence-electron chi connectivity index (χ3n) is 2.27. The summed E-state index contributed by atoms with van der Waals surface area (Å²) >= 11 is 11.8. The molecule has 3 heteroatoms. The fourth-order valence-electron chi connectivity index (χ4n) is 1.17. The van der Waals surface area contributed by atoms with Crippen LogP contribution >= 0.6 is 23.2 Å². The van der Waals surface area contributed by atoms with Crippen molar-refractivity contribution in [3.8, 4) is 0 Å². The summed E-state index contributed by atoms with van der Waals surface area (Å²) in [6.45, 7) is 3.84. The number of carbonyl (C=O) groups is 1. The van der Waals surface area contributed by atoms with E-state index < -0.39 is 0 Å². The number of hydrogen-bond donors (Lipinski definition) is 0. The smallest absolute Gasteiger partial charge is 0.168 e. The molecule has 76 valence electrons. The van der Waals surface area contributed by atoms with Crippen LogP contribution in [0.3, 0.4) is 0 Å². The Labute approximate surface area is 94.0 Å². The highest BCUT2D eigenvalue weighted by atomic mass is 35.5. The van der Waals surface area contributed by atoms with Crippen LogP contribution in [0.2, 0.25) is 10.0 Å². The lowest BCUT2D eigenvalue weighted by atomic mass is 9.97. The SMILES string of the molecule is CCC(C)C(=O)c1c(Cl)cccc1Cl. The monoisotopic (exact) mass is 230 g/mol. The molecule has 1 aromatic carbocycles. The topological polar surface area (TPSA) is 17.1 Å². The van der Waals surface area contributed by atoms with E-state index in [2.05, 4.69) is 0 Å². The van der Waals surface area contributed by atoms with Gasteiger partial charge in [-0.05, 0) is 18.6 Å². The summed E-state index contributed by atoms with van der Waals surface area (Å²) in [5, 5.41) is 0.866. The summed E-state index contributed by atoms with van der Waals surface area (Å²) in [4.78, 5) is 11.8. The van der Waals surface area contributed by atoms with Crippen molar-refractivity contribution in [3.63, 3.8) is 0 Å². The maximum atomic E-state index is 11.8. The molecular formula is C11H12Cl2O. The zero-order chi connectivity index (χ0) is 10.7. The van der Waals surface area contributed by atoms with Crippen LogP contribution in [0.5, 0.6) is 0 Å². The number of Topliss-reactive ketones (excluding diaryl/α,β-unsaturated/α-hetero) is 1. The van der Waals surface area contributed by atoms with Crippen molar-refractivity contribution in [3.05, 3.63) is 33.8 Å². The quantitative estimate of drug-likeness (QED) is 0.711. The van der Waals surface area contributed by atoms with Gasteiger partial charge in [0.15, 0.2) is 5.78 Å². The van der Waals surface area contributed by atoms with E-state index in [1.165, 1.54) is 0 Å². The number of benzene rings is 1. The van der Waals surface area contributed by atoms with Crippen molar-refractivity contribution in [2.45, 2.75) is 20.3 Å². The van der Waals surface area contributed by atoms with E-state index in [9.17, 15) is 4.79 Å². The van der Waals surface area contributed by atoms with Gasteiger partial charge in [-0.25, -0.2) is 0 Å². The number of ketones is 1. The van der Waals surface area contributed by atoms with E-state index in [1.807, 2.05) is 13.8 Å².